The van der Waals surface area contributed by atoms with Gasteiger partial charge in [0.05, 0.1) is 0 Å². The summed E-state index contributed by atoms with van der Waals surface area (Å²) in [7, 11) is 0. The van der Waals surface area contributed by atoms with Gasteiger partial charge in [-0.15, -0.1) is 0 Å². The second-order valence-electron chi connectivity index (χ2n) is 1.41. The maximum absolute atomic E-state index is 7.50. The van der Waals surface area contributed by atoms with Crippen molar-refractivity contribution in [2.45, 2.75) is 11.4 Å². The summed E-state index contributed by atoms with van der Waals surface area (Å²) in [5.41, 5.74) is 4.44. The molecule has 0 spiro atoms. The first-order valence-corrected chi connectivity index (χ1v) is 7.54. The molecule has 0 heterocycles. The average molecular weight is 578 g/mol. The van der Waals surface area contributed by atoms with Gasteiger partial charge in [-0.25, -0.2) is 12.1 Å². The Morgan fingerprint density at radius 2 is 0.773 bits per heavy atom. The number of rotatable bonds is 0. The van der Waals surface area contributed by atoms with Crippen molar-refractivity contribution in [3.05, 3.63) is 70.2 Å². The van der Waals surface area contributed by atoms with Crippen molar-refractivity contribution in [3.8, 4) is 0 Å². The van der Waals surface area contributed by atoms with E-state index in [0.717, 1.165) is 0 Å². The summed E-state index contributed by atoms with van der Waals surface area (Å²) in [6, 6.07) is 10.0. The molecule has 9 heteroatoms. The zero-order valence-corrected chi connectivity index (χ0v) is 17.5. The SMILES string of the molecule is C[As]C.[C-]#[O+].[C-]#[O+].[C-]#[O+].[C-]#[O+].[C-]#[O+].[C-]#[O+].[Fe].[W].c1cc[cH-]c1. The average Bonchev–Trinajstić information content (AvgIpc) is 3.19. The van der Waals surface area contributed by atoms with Crippen LogP contribution in [0.1, 0.15) is 0 Å². The summed E-state index contributed by atoms with van der Waals surface area (Å²) < 4.78 is 45.0. The van der Waals surface area contributed by atoms with Gasteiger partial charge in [0.25, 0.3) is 0 Å². The Labute approximate surface area is 162 Å². The molecule has 0 saturated heterocycles. The molecule has 1 radical (unpaired) electrons. The van der Waals surface area contributed by atoms with Gasteiger partial charge in [0, 0.05) is 38.1 Å². The summed E-state index contributed by atoms with van der Waals surface area (Å²) in [5, 5.41) is 0. The second kappa shape index (κ2) is 255. The molecule has 22 heavy (non-hydrogen) atoms. The van der Waals surface area contributed by atoms with Crippen LogP contribution in [-0.2, 0) is 66.0 Å². The predicted octanol–water partition coefficient (Wildman–Crippen LogP) is 1.96. The van der Waals surface area contributed by atoms with E-state index in [-0.39, 0.29) is 38.1 Å². The van der Waals surface area contributed by atoms with Crippen LogP contribution in [0.25, 0.3) is 0 Å². The molecule has 0 fully saturated rings. The molecule has 0 aliphatic carbocycles. The minimum Gasteiger partial charge on any atom is -0.214 e. The third kappa shape index (κ3) is 324. The minimum atomic E-state index is 0. The van der Waals surface area contributed by atoms with Gasteiger partial charge in [-0.3, -0.25) is 0 Å². The van der Waals surface area contributed by atoms with Crippen LogP contribution in [0.2, 0.25) is 11.4 Å². The maximum atomic E-state index is 7.50. The molecular formula is C13H11AsFeO6W-. The molecule has 6 nitrogen and oxygen atoms in total. The Balaban J connectivity index is -0.0000000130. The van der Waals surface area contributed by atoms with Gasteiger partial charge in [0.15, 0.2) is 0 Å². The molecule has 119 valence electrons. The Morgan fingerprint density at radius 3 is 0.818 bits per heavy atom. The zero-order valence-electron chi connectivity index (χ0n) is 11.5. The van der Waals surface area contributed by atoms with Crippen LogP contribution in [0.4, 0.5) is 0 Å². The fraction of sp³-hybridized carbons (Fsp3) is 0.154. The predicted molar refractivity (Wildman–Crippen MR) is 63.1 cm³/mol. The molecule has 0 N–H and O–H groups in total. The van der Waals surface area contributed by atoms with Crippen molar-refractivity contribution in [3.63, 3.8) is 0 Å². The molecule has 1 aromatic carbocycles. The third-order valence-electron chi connectivity index (χ3n) is 0.556. The van der Waals surface area contributed by atoms with Gasteiger partial charge >= 0.3 is 95.0 Å². The molecule has 0 saturated carbocycles. The molecule has 0 aliphatic heterocycles. The first kappa shape index (κ1) is 57.8. The normalized spacial score (nSPS) is 3.18. The van der Waals surface area contributed by atoms with E-state index >= 15 is 0 Å². The summed E-state index contributed by atoms with van der Waals surface area (Å²) >= 11 is 0.688. The summed E-state index contributed by atoms with van der Waals surface area (Å²) in [6.07, 6.45) is 0. The van der Waals surface area contributed by atoms with Gasteiger partial charge in [-0.05, 0) is 0 Å². The molecule has 0 aliphatic rings. The largest absolute Gasteiger partial charge is 0.214 e. The van der Waals surface area contributed by atoms with E-state index in [2.05, 4.69) is 51.3 Å². The number of hydrogen-bond acceptors (Lipinski definition) is 0. The standard InChI is InChI=1S/C5H5.C2H6As.6CO.Fe.W/c1-2-4-5-3-1;1-3-2;6*1-2;;/h1-5H;1-2H3;;;;;;;;/q-1;;;;;;;;;. The van der Waals surface area contributed by atoms with E-state index in [1.807, 2.05) is 30.3 Å². The molecule has 1 aromatic rings. The minimum absolute atomic E-state index is 0. The molecule has 1 rings (SSSR count). The van der Waals surface area contributed by atoms with Gasteiger partial charge in [0.2, 0.25) is 0 Å². The van der Waals surface area contributed by atoms with E-state index < -0.39 is 0 Å². The van der Waals surface area contributed by atoms with E-state index in [1.54, 1.807) is 0 Å². The quantitative estimate of drug-likeness (QED) is 0.255. The molecule has 0 atom stereocenters. The summed E-state index contributed by atoms with van der Waals surface area (Å²) in [4.78, 5) is 0. The Kier molecular flexibility index (Phi) is 669. The molecular weight excluding hydrogens is 567 g/mol. The monoisotopic (exact) mass is 578 g/mol. The Morgan fingerprint density at radius 1 is 0.636 bits per heavy atom. The smallest absolute Gasteiger partial charge is 0 e. The van der Waals surface area contributed by atoms with Crippen LogP contribution in [0, 0.1) is 39.9 Å². The maximum Gasteiger partial charge on any atom is 0 e. The van der Waals surface area contributed by atoms with Gasteiger partial charge in [0.1, 0.15) is 0 Å². The fourth-order valence-electron chi connectivity index (χ4n) is 0.321. The first-order chi connectivity index (χ1) is 9.91. The Bertz CT molecular complexity index is 240. The van der Waals surface area contributed by atoms with Gasteiger partial charge in [-0.1, -0.05) is 0 Å². The van der Waals surface area contributed by atoms with Crippen molar-refractivity contribution in [1.29, 1.82) is 0 Å². The van der Waals surface area contributed by atoms with E-state index in [1.165, 1.54) is 0 Å². The third-order valence-corrected chi connectivity index (χ3v) is 0.556. The molecule has 0 amide bonds. The molecule has 0 bridgehead atoms. The second-order valence-corrected chi connectivity index (χ2v) is 3.29. The first-order valence-electron chi connectivity index (χ1n) is 3.79. The van der Waals surface area contributed by atoms with Crippen LogP contribution in [0.3, 0.4) is 0 Å². The van der Waals surface area contributed by atoms with Crippen LogP contribution >= 0.6 is 0 Å². The Hall–Kier alpha value is -0.444. The van der Waals surface area contributed by atoms with E-state index in [9.17, 15) is 0 Å². The van der Waals surface area contributed by atoms with Gasteiger partial charge in [-0.2, -0.15) is 18.2 Å². The van der Waals surface area contributed by atoms with Crippen molar-refractivity contribution in [2.24, 2.45) is 0 Å². The van der Waals surface area contributed by atoms with E-state index in [4.69, 9.17) is 27.9 Å². The number of hydrogen-bond donors (Lipinski definition) is 0. The topological polar surface area (TPSA) is 119 Å². The van der Waals surface area contributed by atoms with Crippen molar-refractivity contribution in [2.75, 3.05) is 0 Å². The zero-order chi connectivity index (χ0) is 18.2. The molecule has 0 aromatic heterocycles. The van der Waals surface area contributed by atoms with Crippen LogP contribution in [0.15, 0.2) is 30.3 Å². The van der Waals surface area contributed by atoms with Crippen molar-refractivity contribution in [1.82, 2.24) is 0 Å². The van der Waals surface area contributed by atoms with E-state index in [0.29, 0.717) is 15.8 Å². The van der Waals surface area contributed by atoms with Crippen LogP contribution < -0.4 is 0 Å². The van der Waals surface area contributed by atoms with Gasteiger partial charge < -0.3 is 0 Å². The summed E-state index contributed by atoms with van der Waals surface area (Å²) in [5.74, 6) is 0. The van der Waals surface area contributed by atoms with Crippen LogP contribution in [-0.4, -0.2) is 15.8 Å². The summed E-state index contributed by atoms with van der Waals surface area (Å²) in [6.45, 7) is 27.0. The molecule has 0 unspecified atom stereocenters. The van der Waals surface area contributed by atoms with Crippen molar-refractivity contribution >= 4 is 15.8 Å². The fourth-order valence-corrected chi connectivity index (χ4v) is 0.321. The van der Waals surface area contributed by atoms with Crippen molar-refractivity contribution < 1.29 is 66.0 Å². The van der Waals surface area contributed by atoms with Crippen LogP contribution in [0.5, 0.6) is 0 Å².